The first-order chi connectivity index (χ1) is 11.2. The first kappa shape index (κ1) is 16.6. The quantitative estimate of drug-likeness (QED) is 0.451. The highest BCUT2D eigenvalue weighted by atomic mass is 16.6. The van der Waals surface area contributed by atoms with Gasteiger partial charge in [-0.1, -0.05) is 0 Å². The highest BCUT2D eigenvalue weighted by molar-refractivity contribution is 6.00. The van der Waals surface area contributed by atoms with E-state index in [0.717, 1.165) is 19.8 Å². The number of ether oxygens (including phenoxy) is 1. The number of rotatable bonds is 1. The fraction of sp³-hybridized carbons (Fsp3) is 0.625. The Kier molecular flexibility index (Phi) is 3.56. The number of hydrogen-bond donors (Lipinski definition) is 0. The van der Waals surface area contributed by atoms with Gasteiger partial charge >= 0.3 is 17.7 Å². The zero-order chi connectivity index (χ0) is 17.8. The van der Waals surface area contributed by atoms with Gasteiger partial charge in [0, 0.05) is 38.4 Å². The van der Waals surface area contributed by atoms with E-state index >= 15 is 0 Å². The lowest BCUT2D eigenvalue weighted by molar-refractivity contribution is -0.942. The van der Waals surface area contributed by atoms with Gasteiger partial charge in [-0.2, -0.15) is 4.48 Å². The summed E-state index contributed by atoms with van der Waals surface area (Å²) < 4.78 is 5.63. The van der Waals surface area contributed by atoms with Crippen LogP contribution < -0.4 is 5.11 Å². The van der Waals surface area contributed by atoms with Gasteiger partial charge < -0.3 is 14.6 Å². The topological polar surface area (TPSA) is 104 Å². The van der Waals surface area contributed by atoms with E-state index in [1.807, 2.05) is 0 Å². The normalized spacial score (nSPS) is 38.3. The maximum atomic E-state index is 12.9. The Morgan fingerprint density at radius 2 is 1.92 bits per heavy atom. The SMILES string of the molecule is CC(=O)OC12CCCN1C(=O)C13C=CC(=O)[N+]12CCC3.CC(=O)[O-]. The first-order valence-electron chi connectivity index (χ1n) is 8.05. The third-order valence-electron chi connectivity index (χ3n) is 5.44. The molecule has 0 aromatic carbocycles. The summed E-state index contributed by atoms with van der Waals surface area (Å²) >= 11 is 0. The number of carbonyl (C=O) groups excluding carboxylic acids is 4. The van der Waals surface area contributed by atoms with Crippen molar-refractivity contribution in [2.45, 2.75) is 50.9 Å². The number of carboxylic acid groups (broad SMARTS) is 1. The Morgan fingerprint density at radius 1 is 1.25 bits per heavy atom. The van der Waals surface area contributed by atoms with E-state index < -0.39 is 23.3 Å². The van der Waals surface area contributed by atoms with Crippen LogP contribution in [0.5, 0.6) is 0 Å². The van der Waals surface area contributed by atoms with E-state index in [2.05, 4.69) is 0 Å². The number of esters is 1. The Labute approximate surface area is 139 Å². The molecule has 24 heavy (non-hydrogen) atoms. The number of aliphatic carboxylic acids is 1. The molecule has 4 heterocycles. The molecule has 0 aromatic heterocycles. The summed E-state index contributed by atoms with van der Waals surface area (Å²) in [6.45, 7) is 3.45. The molecule has 130 valence electrons. The van der Waals surface area contributed by atoms with E-state index in [9.17, 15) is 14.4 Å². The Balaban J connectivity index is 0.000000383. The molecule has 4 aliphatic heterocycles. The zero-order valence-corrected chi connectivity index (χ0v) is 13.7. The fourth-order valence-corrected chi connectivity index (χ4v) is 4.91. The summed E-state index contributed by atoms with van der Waals surface area (Å²) in [5, 5.41) is 8.89. The largest absolute Gasteiger partial charge is 0.550 e. The zero-order valence-electron chi connectivity index (χ0n) is 13.7. The van der Waals surface area contributed by atoms with Crippen molar-refractivity contribution in [3.63, 3.8) is 0 Å². The van der Waals surface area contributed by atoms with Crippen LogP contribution in [-0.4, -0.2) is 57.6 Å². The van der Waals surface area contributed by atoms with Crippen molar-refractivity contribution in [3.05, 3.63) is 12.2 Å². The van der Waals surface area contributed by atoms with Crippen LogP contribution in [0.4, 0.5) is 0 Å². The van der Waals surface area contributed by atoms with Crippen molar-refractivity contribution in [2.75, 3.05) is 13.1 Å². The van der Waals surface area contributed by atoms with Crippen molar-refractivity contribution in [1.29, 1.82) is 0 Å². The second kappa shape index (κ2) is 5.14. The molecule has 0 aromatic rings. The molecule has 8 nitrogen and oxygen atoms in total. The summed E-state index contributed by atoms with van der Waals surface area (Å²) in [6, 6.07) is 0. The van der Waals surface area contributed by atoms with Gasteiger partial charge in [0.1, 0.15) is 0 Å². The summed E-state index contributed by atoms with van der Waals surface area (Å²) in [5.41, 5.74) is -0.813. The summed E-state index contributed by atoms with van der Waals surface area (Å²) in [4.78, 5) is 47.7. The average molecular weight is 336 g/mol. The lowest BCUT2D eigenvalue weighted by Crippen LogP contribution is -2.70. The van der Waals surface area contributed by atoms with Crippen LogP contribution in [0.25, 0.3) is 0 Å². The van der Waals surface area contributed by atoms with Crippen molar-refractivity contribution >= 4 is 23.8 Å². The van der Waals surface area contributed by atoms with Crippen LogP contribution in [0.2, 0.25) is 0 Å². The molecule has 0 spiro atoms. The van der Waals surface area contributed by atoms with Crippen LogP contribution in [0.15, 0.2) is 12.2 Å². The summed E-state index contributed by atoms with van der Waals surface area (Å²) in [7, 11) is 0. The number of carbonyl (C=O) groups is 4. The van der Waals surface area contributed by atoms with E-state index in [0.29, 0.717) is 25.9 Å². The maximum Gasteiger partial charge on any atom is 0.344 e. The number of quaternary nitrogens is 1. The summed E-state index contributed by atoms with van der Waals surface area (Å²) in [5.74, 6) is -2.75. The predicted molar refractivity (Wildman–Crippen MR) is 77.4 cm³/mol. The molecule has 2 amide bonds. The van der Waals surface area contributed by atoms with Crippen molar-refractivity contribution in [2.24, 2.45) is 0 Å². The van der Waals surface area contributed by atoms with Crippen LogP contribution in [0.3, 0.4) is 0 Å². The second-order valence-corrected chi connectivity index (χ2v) is 6.62. The molecular weight excluding hydrogens is 316 g/mol. The molecule has 0 radical (unpaired) electrons. The molecule has 0 bridgehead atoms. The monoisotopic (exact) mass is 336 g/mol. The molecule has 4 aliphatic rings. The molecular formula is C16H20N2O6. The molecule has 3 saturated heterocycles. The minimum absolute atomic E-state index is 0.0294. The fourth-order valence-electron chi connectivity index (χ4n) is 4.91. The van der Waals surface area contributed by atoms with Crippen LogP contribution in [0, 0.1) is 0 Å². The minimum atomic E-state index is -1.10. The van der Waals surface area contributed by atoms with Gasteiger partial charge in [-0.05, 0) is 19.4 Å². The predicted octanol–water partition coefficient (Wildman–Crippen LogP) is -0.959. The number of amides is 2. The molecule has 0 aliphatic carbocycles. The Bertz CT molecular complexity index is 669. The van der Waals surface area contributed by atoms with Crippen LogP contribution in [-0.2, 0) is 23.9 Å². The van der Waals surface area contributed by atoms with Crippen molar-refractivity contribution in [1.82, 2.24) is 4.90 Å². The average Bonchev–Trinajstić information content (AvgIpc) is 3.13. The van der Waals surface area contributed by atoms with Crippen molar-refractivity contribution in [3.8, 4) is 0 Å². The van der Waals surface area contributed by atoms with Crippen LogP contribution in [0.1, 0.15) is 39.5 Å². The third kappa shape index (κ3) is 1.71. The number of fused-ring (bicyclic) bond motifs is 1. The molecule has 8 heteroatoms. The summed E-state index contributed by atoms with van der Waals surface area (Å²) in [6.07, 6.45) is 6.05. The standard InChI is InChI=1S/C14H17N2O4.C2H4O2/c1-10(17)20-14-6-2-8-15(14)12(19)13-5-3-9-16(13,14)11(18)4-7-13;1-2(3)4/h4,7H,2-3,5-6,8-9H2,1H3;1H3,(H,3,4)/q+1;/p-1. The second-order valence-electron chi connectivity index (χ2n) is 6.62. The first-order valence-corrected chi connectivity index (χ1v) is 8.05. The highest BCUT2D eigenvalue weighted by Gasteiger charge is 2.85. The van der Waals surface area contributed by atoms with Gasteiger partial charge in [0.25, 0.3) is 5.91 Å². The minimum Gasteiger partial charge on any atom is -0.550 e. The molecule has 3 fully saturated rings. The lowest BCUT2D eigenvalue weighted by Gasteiger charge is -2.43. The molecule has 4 rings (SSSR count). The van der Waals surface area contributed by atoms with Crippen molar-refractivity contribution < 1.29 is 33.5 Å². The number of hydrogen-bond acceptors (Lipinski definition) is 6. The van der Waals surface area contributed by atoms with Gasteiger partial charge in [-0.3, -0.25) is 9.59 Å². The van der Waals surface area contributed by atoms with Gasteiger partial charge in [0.15, 0.2) is 0 Å². The van der Waals surface area contributed by atoms with Gasteiger partial charge in [0.2, 0.25) is 5.54 Å². The van der Waals surface area contributed by atoms with E-state index in [-0.39, 0.29) is 16.3 Å². The highest BCUT2D eigenvalue weighted by Crippen LogP contribution is 2.60. The van der Waals surface area contributed by atoms with Crippen LogP contribution >= 0.6 is 0 Å². The van der Waals surface area contributed by atoms with Gasteiger partial charge in [-0.25, -0.2) is 9.69 Å². The van der Waals surface area contributed by atoms with Gasteiger partial charge in [0.05, 0.1) is 13.0 Å². The molecule has 0 saturated carbocycles. The van der Waals surface area contributed by atoms with E-state index in [1.54, 1.807) is 11.0 Å². The maximum absolute atomic E-state index is 12.9. The molecule has 0 N–H and O–H groups in total. The molecule has 3 atom stereocenters. The van der Waals surface area contributed by atoms with E-state index in [4.69, 9.17) is 14.6 Å². The molecule has 3 unspecified atom stereocenters. The number of carboxylic acids is 1. The number of nitrogens with zero attached hydrogens (tertiary/aromatic N) is 2. The Morgan fingerprint density at radius 3 is 2.54 bits per heavy atom. The smallest absolute Gasteiger partial charge is 0.344 e. The Hall–Kier alpha value is -2.22. The third-order valence-corrected chi connectivity index (χ3v) is 5.44. The lowest BCUT2D eigenvalue weighted by atomic mass is 9.96. The van der Waals surface area contributed by atoms with E-state index in [1.165, 1.54) is 13.0 Å². The van der Waals surface area contributed by atoms with Gasteiger partial charge in [-0.15, -0.1) is 0 Å².